The molecule has 2 aliphatic rings. The van der Waals surface area contributed by atoms with Gasteiger partial charge in [-0.05, 0) is 12.5 Å². The summed E-state index contributed by atoms with van der Waals surface area (Å²) >= 11 is 0. The highest BCUT2D eigenvalue weighted by molar-refractivity contribution is 5.78. The van der Waals surface area contributed by atoms with Gasteiger partial charge in [0, 0.05) is 50.3 Å². The Morgan fingerprint density at radius 3 is 3.00 bits per heavy atom. The van der Waals surface area contributed by atoms with Crippen molar-refractivity contribution in [3.8, 4) is 11.5 Å². The lowest BCUT2D eigenvalue weighted by molar-refractivity contribution is -0.130. The van der Waals surface area contributed by atoms with Crippen LogP contribution in [0, 0.1) is 0 Å². The number of carbonyl (C=O) groups excluding carboxylic acids is 1. The molecule has 0 spiro atoms. The lowest BCUT2D eigenvalue weighted by atomic mass is 10.1. The number of hydrogen-bond acceptors (Lipinski definition) is 4. The third-order valence-electron chi connectivity index (χ3n) is 4.27. The van der Waals surface area contributed by atoms with Crippen LogP contribution in [0.4, 0.5) is 0 Å². The number of hydrogen-bond donors (Lipinski definition) is 1. The minimum atomic E-state index is 0.272. The average Bonchev–Trinajstić information content (AvgIpc) is 2.82. The SMILES string of the molecule is COc1ccc(CN2CCN3C(=O)CCC3C2)c(O)c1. The monoisotopic (exact) mass is 276 g/mol. The van der Waals surface area contributed by atoms with Crippen LogP contribution >= 0.6 is 0 Å². The van der Waals surface area contributed by atoms with Gasteiger partial charge in [-0.3, -0.25) is 9.69 Å². The van der Waals surface area contributed by atoms with Crippen molar-refractivity contribution >= 4 is 5.91 Å². The van der Waals surface area contributed by atoms with Crippen molar-refractivity contribution in [1.29, 1.82) is 0 Å². The number of benzene rings is 1. The highest BCUT2D eigenvalue weighted by Gasteiger charge is 2.35. The lowest BCUT2D eigenvalue weighted by Crippen LogP contribution is -2.50. The molecule has 5 heteroatoms. The fourth-order valence-electron chi connectivity index (χ4n) is 3.12. The van der Waals surface area contributed by atoms with Crippen molar-refractivity contribution in [3.63, 3.8) is 0 Å². The van der Waals surface area contributed by atoms with Crippen LogP contribution in [0.2, 0.25) is 0 Å². The fourth-order valence-corrected chi connectivity index (χ4v) is 3.12. The van der Waals surface area contributed by atoms with Crippen LogP contribution in [0.1, 0.15) is 18.4 Å². The van der Waals surface area contributed by atoms with E-state index in [1.54, 1.807) is 13.2 Å². The van der Waals surface area contributed by atoms with Crippen LogP contribution in [0.15, 0.2) is 18.2 Å². The molecule has 1 unspecified atom stereocenters. The molecule has 1 amide bonds. The predicted octanol–water partition coefficient (Wildman–Crippen LogP) is 1.21. The molecule has 3 rings (SSSR count). The molecule has 20 heavy (non-hydrogen) atoms. The summed E-state index contributed by atoms with van der Waals surface area (Å²) in [5.41, 5.74) is 0.906. The summed E-state index contributed by atoms with van der Waals surface area (Å²) in [6.45, 7) is 3.29. The zero-order chi connectivity index (χ0) is 14.1. The Morgan fingerprint density at radius 2 is 2.25 bits per heavy atom. The van der Waals surface area contributed by atoms with Crippen LogP contribution in [-0.4, -0.2) is 53.6 Å². The number of phenolic OH excluding ortho intramolecular Hbond substituents is 1. The molecule has 108 valence electrons. The Kier molecular flexibility index (Phi) is 3.53. The second kappa shape index (κ2) is 5.32. The molecule has 5 nitrogen and oxygen atoms in total. The number of piperazine rings is 1. The van der Waals surface area contributed by atoms with Crippen LogP contribution in [-0.2, 0) is 11.3 Å². The first kappa shape index (κ1) is 13.2. The Hall–Kier alpha value is -1.75. The van der Waals surface area contributed by atoms with E-state index in [1.165, 1.54) is 0 Å². The molecule has 2 aliphatic heterocycles. The Balaban J connectivity index is 1.65. The Morgan fingerprint density at radius 1 is 1.40 bits per heavy atom. The largest absolute Gasteiger partial charge is 0.507 e. The maximum atomic E-state index is 11.7. The summed E-state index contributed by atoms with van der Waals surface area (Å²) in [6, 6.07) is 5.77. The van der Waals surface area contributed by atoms with Gasteiger partial charge >= 0.3 is 0 Å². The number of carbonyl (C=O) groups is 1. The molecule has 1 aromatic carbocycles. The molecule has 0 aliphatic carbocycles. The second-order valence-electron chi connectivity index (χ2n) is 5.51. The summed E-state index contributed by atoms with van der Waals surface area (Å²) in [7, 11) is 1.59. The average molecular weight is 276 g/mol. The van der Waals surface area contributed by atoms with E-state index in [4.69, 9.17) is 4.74 Å². The van der Waals surface area contributed by atoms with E-state index < -0.39 is 0 Å². The Labute approximate surface area is 118 Å². The third kappa shape index (κ3) is 2.45. The van der Waals surface area contributed by atoms with Crippen LogP contribution in [0.25, 0.3) is 0 Å². The van der Waals surface area contributed by atoms with Crippen LogP contribution < -0.4 is 4.74 Å². The van der Waals surface area contributed by atoms with Gasteiger partial charge in [-0.25, -0.2) is 0 Å². The Bertz CT molecular complexity index is 518. The molecule has 2 heterocycles. The van der Waals surface area contributed by atoms with Gasteiger partial charge in [-0.2, -0.15) is 0 Å². The predicted molar refractivity (Wildman–Crippen MR) is 74.7 cm³/mol. The van der Waals surface area contributed by atoms with Crippen molar-refractivity contribution in [3.05, 3.63) is 23.8 Å². The molecule has 2 fully saturated rings. The summed E-state index contributed by atoms with van der Waals surface area (Å²) < 4.78 is 5.09. The van der Waals surface area contributed by atoms with Gasteiger partial charge in [0.25, 0.3) is 0 Å². The van der Waals surface area contributed by atoms with E-state index in [-0.39, 0.29) is 5.75 Å². The minimum absolute atomic E-state index is 0.272. The second-order valence-corrected chi connectivity index (χ2v) is 5.51. The van der Waals surface area contributed by atoms with Crippen molar-refractivity contribution in [2.75, 3.05) is 26.7 Å². The number of ether oxygens (including phenoxy) is 1. The van der Waals surface area contributed by atoms with E-state index in [0.29, 0.717) is 30.7 Å². The highest BCUT2D eigenvalue weighted by Crippen LogP contribution is 2.27. The molecule has 1 N–H and O–H groups in total. The smallest absolute Gasteiger partial charge is 0.222 e. The van der Waals surface area contributed by atoms with Crippen molar-refractivity contribution in [2.24, 2.45) is 0 Å². The molecular weight excluding hydrogens is 256 g/mol. The number of aromatic hydroxyl groups is 1. The number of rotatable bonds is 3. The first-order valence-electron chi connectivity index (χ1n) is 7.05. The fraction of sp³-hybridized carbons (Fsp3) is 0.533. The number of phenols is 1. The lowest BCUT2D eigenvalue weighted by Gasteiger charge is -2.37. The van der Waals surface area contributed by atoms with Crippen LogP contribution in [0.3, 0.4) is 0 Å². The van der Waals surface area contributed by atoms with Gasteiger partial charge in [0.1, 0.15) is 11.5 Å². The molecular formula is C15H20N2O3. The van der Waals surface area contributed by atoms with Gasteiger partial charge in [0.15, 0.2) is 0 Å². The van der Waals surface area contributed by atoms with Gasteiger partial charge < -0.3 is 14.7 Å². The molecule has 0 bridgehead atoms. The first-order chi connectivity index (χ1) is 9.67. The van der Waals surface area contributed by atoms with Crippen LogP contribution in [0.5, 0.6) is 11.5 Å². The molecule has 0 saturated carbocycles. The van der Waals surface area contributed by atoms with Crippen molar-refractivity contribution in [2.45, 2.75) is 25.4 Å². The highest BCUT2D eigenvalue weighted by atomic mass is 16.5. The van der Waals surface area contributed by atoms with Crippen molar-refractivity contribution < 1.29 is 14.6 Å². The molecule has 2 saturated heterocycles. The van der Waals surface area contributed by atoms with Gasteiger partial charge in [-0.1, -0.05) is 6.07 Å². The van der Waals surface area contributed by atoms with Gasteiger partial charge in [0.05, 0.1) is 7.11 Å². The summed E-state index contributed by atoms with van der Waals surface area (Å²) in [5.74, 6) is 1.23. The van der Waals surface area contributed by atoms with Gasteiger partial charge in [0.2, 0.25) is 5.91 Å². The molecule has 0 radical (unpaired) electrons. The van der Waals surface area contributed by atoms with E-state index >= 15 is 0 Å². The maximum Gasteiger partial charge on any atom is 0.222 e. The first-order valence-corrected chi connectivity index (χ1v) is 7.05. The van der Waals surface area contributed by atoms with E-state index in [9.17, 15) is 9.90 Å². The summed E-state index contributed by atoms with van der Waals surface area (Å²) in [4.78, 5) is 16.0. The normalized spacial score (nSPS) is 22.9. The number of fused-ring (bicyclic) bond motifs is 1. The zero-order valence-electron chi connectivity index (χ0n) is 11.7. The number of amides is 1. The van der Waals surface area contributed by atoms with Gasteiger partial charge in [-0.15, -0.1) is 0 Å². The summed E-state index contributed by atoms with van der Waals surface area (Å²) in [6.07, 6.45) is 1.65. The molecule has 0 aromatic heterocycles. The standard InChI is InChI=1S/C15H20N2O3/c1-20-13-4-2-11(14(18)8-13)9-16-6-7-17-12(10-16)3-5-15(17)19/h2,4,8,12,18H,3,5-7,9-10H2,1H3. The van der Waals surface area contributed by atoms with E-state index in [0.717, 1.165) is 31.6 Å². The zero-order valence-corrected chi connectivity index (χ0v) is 11.7. The third-order valence-corrected chi connectivity index (χ3v) is 4.27. The minimum Gasteiger partial charge on any atom is -0.507 e. The molecule has 1 aromatic rings. The maximum absolute atomic E-state index is 11.7. The summed E-state index contributed by atoms with van der Waals surface area (Å²) in [5, 5.41) is 10.0. The molecule has 1 atom stereocenters. The van der Waals surface area contributed by atoms with E-state index in [2.05, 4.69) is 4.90 Å². The topological polar surface area (TPSA) is 53.0 Å². The van der Waals surface area contributed by atoms with Crippen molar-refractivity contribution in [1.82, 2.24) is 9.80 Å². The van der Waals surface area contributed by atoms with E-state index in [1.807, 2.05) is 17.0 Å². The number of methoxy groups -OCH3 is 1. The number of nitrogens with zero attached hydrogens (tertiary/aromatic N) is 2. The quantitative estimate of drug-likeness (QED) is 0.901.